The van der Waals surface area contributed by atoms with Crippen molar-refractivity contribution in [1.82, 2.24) is 9.80 Å². The van der Waals surface area contributed by atoms with Gasteiger partial charge in [0.05, 0.1) is 18.3 Å². The number of hydrogen-bond acceptors (Lipinski definition) is 6. The monoisotopic (exact) mass is 521 g/mol. The van der Waals surface area contributed by atoms with Gasteiger partial charge in [-0.1, -0.05) is 37.3 Å². The van der Waals surface area contributed by atoms with Crippen LogP contribution in [0.25, 0.3) is 0 Å². The zero-order valence-electron chi connectivity index (χ0n) is 23.1. The molecule has 2 aliphatic heterocycles. The molecular weight excluding hydrogens is 482 g/mol. The lowest BCUT2D eigenvalue weighted by molar-refractivity contribution is -0.134. The number of likely N-dealkylation sites (tertiary alicyclic amines) is 1. The Hall–Kier alpha value is -3.55. The van der Waals surface area contributed by atoms with E-state index in [1.54, 1.807) is 17.0 Å². The van der Waals surface area contributed by atoms with Gasteiger partial charge in [-0.15, -0.1) is 0 Å². The average molecular weight is 522 g/mol. The fraction of sp³-hybridized carbons (Fsp3) is 0.500. The van der Waals surface area contributed by atoms with Crippen molar-refractivity contribution in [2.24, 2.45) is 0 Å². The molecule has 0 saturated carbocycles. The molecule has 0 aromatic heterocycles. The summed E-state index contributed by atoms with van der Waals surface area (Å²) in [5.74, 6) is -0.316. The molecule has 2 aromatic rings. The minimum absolute atomic E-state index is 0.0396. The van der Waals surface area contributed by atoms with E-state index < -0.39 is 11.1 Å². The number of benzene rings is 2. The molecule has 38 heavy (non-hydrogen) atoms. The van der Waals surface area contributed by atoms with Gasteiger partial charge in [-0.2, -0.15) is 0 Å². The van der Waals surface area contributed by atoms with Gasteiger partial charge in [0.1, 0.15) is 11.1 Å². The smallest absolute Gasteiger partial charge is 0.410 e. The highest BCUT2D eigenvalue weighted by atomic mass is 16.6. The molecule has 8 nitrogen and oxygen atoms in total. The highest BCUT2D eigenvalue weighted by molar-refractivity contribution is 5.94. The van der Waals surface area contributed by atoms with Gasteiger partial charge in [0, 0.05) is 25.3 Å². The summed E-state index contributed by atoms with van der Waals surface area (Å²) in [5.41, 5.74) is 1.01. The number of para-hydroxylation sites is 1. The van der Waals surface area contributed by atoms with Gasteiger partial charge in [0.25, 0.3) is 0 Å². The van der Waals surface area contributed by atoms with Crippen LogP contribution in [0.4, 0.5) is 10.5 Å². The van der Waals surface area contributed by atoms with E-state index in [9.17, 15) is 14.4 Å². The molecule has 0 radical (unpaired) electrons. The first-order chi connectivity index (χ1) is 18.0. The first kappa shape index (κ1) is 27.5. The lowest BCUT2D eigenvalue weighted by Crippen LogP contribution is -2.57. The summed E-state index contributed by atoms with van der Waals surface area (Å²) in [6, 6.07) is 17.2. The number of carbonyl (C=O) groups excluding carboxylic acids is 3. The second-order valence-electron chi connectivity index (χ2n) is 11.2. The van der Waals surface area contributed by atoms with Gasteiger partial charge < -0.3 is 24.2 Å². The summed E-state index contributed by atoms with van der Waals surface area (Å²) in [5, 5.41) is 0. The maximum absolute atomic E-state index is 14.0. The van der Waals surface area contributed by atoms with E-state index in [0.717, 1.165) is 17.7 Å². The molecule has 2 aromatic carbocycles. The fourth-order valence-electron chi connectivity index (χ4n) is 5.06. The molecule has 2 amide bonds. The summed E-state index contributed by atoms with van der Waals surface area (Å²) in [7, 11) is 0. The summed E-state index contributed by atoms with van der Waals surface area (Å²) >= 11 is 0. The SMILES string of the molecule is CC[C@H](C)OC(=O)c1cccc(CN2CN(c3ccccc3)C3(CCN(C(=O)OC(C)(C)C)CC3)C2=O)c1. The molecule has 0 unspecified atom stereocenters. The number of amides is 2. The molecule has 1 atom stereocenters. The Balaban J connectivity index is 1.54. The van der Waals surface area contributed by atoms with E-state index >= 15 is 0 Å². The number of anilines is 1. The maximum atomic E-state index is 14.0. The molecule has 2 saturated heterocycles. The van der Waals surface area contributed by atoms with Crippen LogP contribution in [0.1, 0.15) is 69.8 Å². The number of nitrogens with zero attached hydrogens (tertiary/aromatic N) is 3. The van der Waals surface area contributed by atoms with Crippen LogP contribution in [0.15, 0.2) is 54.6 Å². The molecule has 4 rings (SSSR count). The van der Waals surface area contributed by atoms with Gasteiger partial charge >= 0.3 is 12.1 Å². The first-order valence-electron chi connectivity index (χ1n) is 13.4. The van der Waals surface area contributed by atoms with Crippen molar-refractivity contribution in [3.8, 4) is 0 Å². The molecule has 0 aliphatic carbocycles. The quantitative estimate of drug-likeness (QED) is 0.485. The van der Waals surface area contributed by atoms with Gasteiger partial charge in [0.2, 0.25) is 5.91 Å². The van der Waals surface area contributed by atoms with E-state index in [4.69, 9.17) is 9.47 Å². The number of carbonyl (C=O) groups is 3. The molecule has 2 heterocycles. The first-order valence-corrected chi connectivity index (χ1v) is 13.4. The summed E-state index contributed by atoms with van der Waals surface area (Å²) in [6.45, 7) is 11.1. The Bertz CT molecular complexity index is 1150. The van der Waals surface area contributed by atoms with Gasteiger partial charge in [-0.3, -0.25) is 4.79 Å². The predicted octanol–water partition coefficient (Wildman–Crippen LogP) is 5.22. The van der Waals surface area contributed by atoms with Crippen molar-refractivity contribution < 1.29 is 23.9 Å². The fourth-order valence-corrected chi connectivity index (χ4v) is 5.06. The zero-order valence-corrected chi connectivity index (χ0v) is 23.1. The third-order valence-corrected chi connectivity index (χ3v) is 7.24. The molecule has 1 spiro atoms. The Kier molecular flexibility index (Phi) is 7.99. The van der Waals surface area contributed by atoms with Crippen molar-refractivity contribution in [3.05, 3.63) is 65.7 Å². The summed E-state index contributed by atoms with van der Waals surface area (Å²) < 4.78 is 11.1. The summed E-state index contributed by atoms with van der Waals surface area (Å²) in [4.78, 5) is 45.0. The van der Waals surface area contributed by atoms with Gasteiger partial charge in [-0.25, -0.2) is 9.59 Å². The largest absolute Gasteiger partial charge is 0.459 e. The normalized spacial score (nSPS) is 18.0. The third kappa shape index (κ3) is 5.95. The molecule has 2 aliphatic rings. The number of rotatable bonds is 6. The van der Waals surface area contributed by atoms with Crippen LogP contribution in [-0.2, 0) is 20.8 Å². The Labute approximate surface area is 225 Å². The van der Waals surface area contributed by atoms with E-state index in [-0.39, 0.29) is 24.1 Å². The van der Waals surface area contributed by atoms with E-state index in [0.29, 0.717) is 44.7 Å². The van der Waals surface area contributed by atoms with Crippen LogP contribution in [0.3, 0.4) is 0 Å². The molecular formula is C30H39N3O5. The van der Waals surface area contributed by atoms with Crippen LogP contribution in [-0.4, -0.2) is 64.8 Å². The van der Waals surface area contributed by atoms with Crippen molar-refractivity contribution in [1.29, 1.82) is 0 Å². The molecule has 0 N–H and O–H groups in total. The lowest BCUT2D eigenvalue weighted by Gasteiger charge is -2.43. The van der Waals surface area contributed by atoms with Crippen LogP contribution in [0.5, 0.6) is 0 Å². The number of hydrogen-bond donors (Lipinski definition) is 0. The lowest BCUT2D eigenvalue weighted by atomic mass is 9.85. The van der Waals surface area contributed by atoms with Gasteiger partial charge in [-0.05, 0) is 76.8 Å². The third-order valence-electron chi connectivity index (χ3n) is 7.24. The van der Waals surface area contributed by atoms with E-state index in [1.807, 2.05) is 82.0 Å². The average Bonchev–Trinajstić information content (AvgIpc) is 3.14. The Morgan fingerprint density at radius 1 is 1.03 bits per heavy atom. The Morgan fingerprint density at radius 2 is 1.71 bits per heavy atom. The predicted molar refractivity (Wildman–Crippen MR) is 146 cm³/mol. The molecule has 204 valence electrons. The molecule has 0 bridgehead atoms. The van der Waals surface area contributed by atoms with Crippen LogP contribution >= 0.6 is 0 Å². The maximum Gasteiger partial charge on any atom is 0.410 e. The minimum atomic E-state index is -0.743. The second kappa shape index (κ2) is 11.1. The van der Waals surface area contributed by atoms with Crippen molar-refractivity contribution in [2.45, 2.75) is 77.7 Å². The second-order valence-corrected chi connectivity index (χ2v) is 11.2. The van der Waals surface area contributed by atoms with Crippen LogP contribution < -0.4 is 4.90 Å². The van der Waals surface area contributed by atoms with Crippen molar-refractivity contribution in [2.75, 3.05) is 24.7 Å². The topological polar surface area (TPSA) is 79.4 Å². The highest BCUT2D eigenvalue weighted by Crippen LogP contribution is 2.40. The standard InChI is InChI=1S/C30H39N3O5/c1-6-22(2)37-26(34)24-12-10-11-23(19-24)20-32-21-33(25-13-8-7-9-14-25)30(27(32)35)15-17-31(18-16-30)28(36)38-29(3,4)5/h7-14,19,22H,6,15-18,20-21H2,1-5H3/t22-/m0/s1. The van der Waals surface area contributed by atoms with Crippen molar-refractivity contribution in [3.63, 3.8) is 0 Å². The zero-order chi connectivity index (χ0) is 27.5. The molecule has 8 heteroatoms. The number of piperidine rings is 1. The minimum Gasteiger partial charge on any atom is -0.459 e. The van der Waals surface area contributed by atoms with Gasteiger partial charge in [0.15, 0.2) is 0 Å². The Morgan fingerprint density at radius 3 is 2.34 bits per heavy atom. The highest BCUT2D eigenvalue weighted by Gasteiger charge is 2.54. The molecule has 2 fully saturated rings. The summed E-state index contributed by atoms with van der Waals surface area (Å²) in [6.07, 6.45) is 1.27. The number of ether oxygens (including phenoxy) is 2. The van der Waals surface area contributed by atoms with Crippen molar-refractivity contribution >= 4 is 23.7 Å². The van der Waals surface area contributed by atoms with E-state index in [1.165, 1.54) is 0 Å². The van der Waals surface area contributed by atoms with E-state index in [2.05, 4.69) is 4.90 Å². The van der Waals surface area contributed by atoms with Crippen LogP contribution in [0.2, 0.25) is 0 Å². The van der Waals surface area contributed by atoms with Crippen LogP contribution in [0, 0.1) is 0 Å². The number of esters is 1.